The van der Waals surface area contributed by atoms with E-state index in [1.165, 1.54) is 11.0 Å². The van der Waals surface area contributed by atoms with Crippen LogP contribution in [0.4, 0.5) is 0 Å². The molecule has 1 atom stereocenters. The van der Waals surface area contributed by atoms with Crippen molar-refractivity contribution in [1.29, 1.82) is 0 Å². The summed E-state index contributed by atoms with van der Waals surface area (Å²) < 4.78 is 6.84. The lowest BCUT2D eigenvalue weighted by Crippen LogP contribution is -2.46. The number of hydrogen-bond acceptors (Lipinski definition) is 7. The minimum atomic E-state index is -0.152. The molecule has 30 heavy (non-hydrogen) atoms. The average molecular weight is 407 g/mol. The van der Waals surface area contributed by atoms with Gasteiger partial charge in [0.1, 0.15) is 6.33 Å². The van der Waals surface area contributed by atoms with Crippen molar-refractivity contribution in [2.45, 2.75) is 19.9 Å². The number of carbonyl (C=O) groups is 1. The molecule has 9 heteroatoms. The predicted molar refractivity (Wildman–Crippen MR) is 111 cm³/mol. The third kappa shape index (κ3) is 4.87. The van der Waals surface area contributed by atoms with Gasteiger partial charge >= 0.3 is 0 Å². The summed E-state index contributed by atoms with van der Waals surface area (Å²) in [4.78, 5) is 20.0. The Kier molecular flexibility index (Phi) is 6.10. The minimum absolute atomic E-state index is 0.00285. The maximum atomic E-state index is 13.0. The second kappa shape index (κ2) is 9.10. The first kappa shape index (κ1) is 20.1. The molecule has 156 valence electrons. The molecule has 0 spiro atoms. The molecule has 0 unspecified atom stereocenters. The lowest BCUT2D eigenvalue weighted by atomic mass is 10.1. The highest BCUT2D eigenvalue weighted by Gasteiger charge is 2.18. The quantitative estimate of drug-likeness (QED) is 0.661. The monoisotopic (exact) mass is 407 g/mol. The number of hydrogen-bond donors (Lipinski definition) is 1. The number of aryl methyl sites for hydroxylation is 1. The summed E-state index contributed by atoms with van der Waals surface area (Å²) in [7, 11) is 0. The molecule has 2 aromatic heterocycles. The van der Waals surface area contributed by atoms with Crippen LogP contribution in [0.1, 0.15) is 22.8 Å². The molecule has 1 aliphatic rings. The lowest BCUT2D eigenvalue weighted by Gasteiger charge is -2.29. The van der Waals surface area contributed by atoms with Gasteiger partial charge in [-0.15, -0.1) is 5.10 Å². The Hall–Kier alpha value is -3.17. The first-order valence-electron chi connectivity index (χ1n) is 10.0. The second-order valence-electron chi connectivity index (χ2n) is 7.51. The van der Waals surface area contributed by atoms with Crippen molar-refractivity contribution in [3.8, 4) is 17.1 Å². The predicted octanol–water partition coefficient (Wildman–Crippen LogP) is 1.48. The molecule has 0 bridgehead atoms. The van der Waals surface area contributed by atoms with Crippen LogP contribution in [-0.2, 0) is 4.74 Å². The van der Waals surface area contributed by atoms with Crippen LogP contribution in [0, 0.1) is 6.92 Å². The van der Waals surface area contributed by atoms with Crippen LogP contribution >= 0.6 is 0 Å². The number of amides is 1. The molecule has 1 amide bonds. The maximum Gasteiger partial charge on any atom is 0.251 e. The third-order valence-electron chi connectivity index (χ3n) is 5.02. The summed E-state index contributed by atoms with van der Waals surface area (Å²) in [5, 5.41) is 14.4. The summed E-state index contributed by atoms with van der Waals surface area (Å²) in [5.41, 5.74) is 3.28. The average Bonchev–Trinajstić information content (AvgIpc) is 3.29. The van der Waals surface area contributed by atoms with Crippen LogP contribution in [0.15, 0.2) is 42.7 Å². The number of nitrogens with zero attached hydrogens (tertiary/aromatic N) is 6. The van der Waals surface area contributed by atoms with Gasteiger partial charge in [-0.3, -0.25) is 9.69 Å². The summed E-state index contributed by atoms with van der Waals surface area (Å²) >= 11 is 0. The number of tetrazole rings is 1. The number of benzene rings is 1. The Morgan fingerprint density at radius 1 is 1.20 bits per heavy atom. The second-order valence-corrected chi connectivity index (χ2v) is 7.51. The topological polar surface area (TPSA) is 98.1 Å². The molecular weight excluding hydrogens is 382 g/mol. The number of carbonyl (C=O) groups excluding carboxylic acids is 1. The first-order valence-corrected chi connectivity index (χ1v) is 10.0. The van der Waals surface area contributed by atoms with Gasteiger partial charge in [-0.1, -0.05) is 29.8 Å². The fourth-order valence-electron chi connectivity index (χ4n) is 3.43. The zero-order chi connectivity index (χ0) is 20.9. The molecule has 1 N–H and O–H groups in total. The Balaban J connectivity index is 1.57. The van der Waals surface area contributed by atoms with E-state index in [4.69, 9.17) is 4.74 Å². The smallest absolute Gasteiger partial charge is 0.251 e. The number of rotatable bonds is 6. The van der Waals surface area contributed by atoms with Crippen LogP contribution in [0.25, 0.3) is 17.1 Å². The largest absolute Gasteiger partial charge is 0.379 e. The lowest BCUT2D eigenvalue weighted by molar-refractivity contribution is 0.0342. The fraction of sp³-hybridized carbons (Fsp3) is 0.381. The summed E-state index contributed by atoms with van der Waals surface area (Å²) in [6.45, 7) is 8.07. The van der Waals surface area contributed by atoms with Crippen molar-refractivity contribution < 1.29 is 9.53 Å². The first-order chi connectivity index (χ1) is 14.6. The number of aromatic nitrogens is 5. The standard InChI is InChI=1S/C21H25N7O2/c1-15-3-5-17(6-4-15)19-11-18(12-20(24-19)28-14-22-25-26-28)21(29)23-16(2)13-27-7-9-30-10-8-27/h3-6,11-12,14,16H,7-10,13H2,1-2H3,(H,23,29)/t16-/m1/s1. The molecule has 1 fully saturated rings. The molecule has 0 aliphatic carbocycles. The van der Waals surface area contributed by atoms with E-state index in [1.54, 1.807) is 12.1 Å². The van der Waals surface area contributed by atoms with Crippen LogP contribution in [-0.4, -0.2) is 74.9 Å². The number of morpholine rings is 1. The van der Waals surface area contributed by atoms with Gasteiger partial charge in [0, 0.05) is 36.8 Å². The zero-order valence-corrected chi connectivity index (χ0v) is 17.2. The van der Waals surface area contributed by atoms with Crippen molar-refractivity contribution in [3.63, 3.8) is 0 Å². The fourth-order valence-corrected chi connectivity index (χ4v) is 3.43. The molecule has 0 saturated carbocycles. The van der Waals surface area contributed by atoms with Crippen molar-refractivity contribution in [1.82, 2.24) is 35.4 Å². The number of ether oxygens (including phenoxy) is 1. The Morgan fingerprint density at radius 3 is 2.67 bits per heavy atom. The van der Waals surface area contributed by atoms with Crippen molar-refractivity contribution in [2.24, 2.45) is 0 Å². The molecule has 3 heterocycles. The molecule has 4 rings (SSSR count). The Morgan fingerprint density at radius 2 is 1.97 bits per heavy atom. The third-order valence-corrected chi connectivity index (χ3v) is 5.02. The Bertz CT molecular complexity index is 983. The van der Waals surface area contributed by atoms with Gasteiger partial charge in [0.2, 0.25) is 0 Å². The molecule has 0 radical (unpaired) electrons. The molecular formula is C21H25N7O2. The van der Waals surface area contributed by atoms with E-state index in [9.17, 15) is 4.79 Å². The van der Waals surface area contributed by atoms with E-state index in [0.29, 0.717) is 17.1 Å². The van der Waals surface area contributed by atoms with Gasteiger partial charge in [0.05, 0.1) is 18.9 Å². The summed E-state index contributed by atoms with van der Waals surface area (Å²) in [6.07, 6.45) is 1.46. The Labute approximate surface area is 175 Å². The van der Waals surface area contributed by atoms with Gasteiger partial charge in [0.15, 0.2) is 5.82 Å². The normalized spacial score (nSPS) is 15.7. The minimum Gasteiger partial charge on any atom is -0.379 e. The highest BCUT2D eigenvalue weighted by Crippen LogP contribution is 2.21. The van der Waals surface area contributed by atoms with E-state index in [0.717, 1.165) is 44.0 Å². The zero-order valence-electron chi connectivity index (χ0n) is 17.2. The molecule has 9 nitrogen and oxygen atoms in total. The van der Waals surface area contributed by atoms with Gasteiger partial charge in [-0.05, 0) is 36.4 Å². The van der Waals surface area contributed by atoms with Crippen molar-refractivity contribution in [3.05, 3.63) is 53.9 Å². The van der Waals surface area contributed by atoms with E-state index >= 15 is 0 Å². The van der Waals surface area contributed by atoms with Gasteiger partial charge in [-0.25, -0.2) is 4.98 Å². The van der Waals surface area contributed by atoms with E-state index in [1.807, 2.05) is 38.1 Å². The summed E-state index contributed by atoms with van der Waals surface area (Å²) in [6, 6.07) is 11.5. The maximum absolute atomic E-state index is 13.0. The van der Waals surface area contributed by atoms with Gasteiger partial charge in [0.25, 0.3) is 5.91 Å². The molecule has 3 aromatic rings. The van der Waals surface area contributed by atoms with E-state index in [2.05, 4.69) is 30.7 Å². The van der Waals surface area contributed by atoms with Crippen LogP contribution in [0.2, 0.25) is 0 Å². The van der Waals surface area contributed by atoms with Crippen LogP contribution in [0.5, 0.6) is 0 Å². The molecule has 1 aliphatic heterocycles. The van der Waals surface area contributed by atoms with Crippen molar-refractivity contribution >= 4 is 5.91 Å². The van der Waals surface area contributed by atoms with Crippen molar-refractivity contribution in [2.75, 3.05) is 32.8 Å². The van der Waals surface area contributed by atoms with E-state index < -0.39 is 0 Å². The van der Waals surface area contributed by atoms with Crippen LogP contribution in [0.3, 0.4) is 0 Å². The molecule has 1 saturated heterocycles. The SMILES string of the molecule is Cc1ccc(-c2cc(C(=O)N[C@H](C)CN3CCOCC3)cc(-n3cnnn3)n2)cc1. The number of nitrogens with one attached hydrogen (secondary N) is 1. The van der Waals surface area contributed by atoms with E-state index in [-0.39, 0.29) is 11.9 Å². The van der Waals surface area contributed by atoms with Crippen LogP contribution < -0.4 is 5.32 Å². The van der Waals surface area contributed by atoms with Gasteiger partial charge in [-0.2, -0.15) is 4.68 Å². The van der Waals surface area contributed by atoms with Gasteiger partial charge < -0.3 is 10.1 Å². The highest BCUT2D eigenvalue weighted by atomic mass is 16.5. The molecule has 1 aromatic carbocycles. The highest BCUT2D eigenvalue weighted by molar-refractivity contribution is 5.95. The summed E-state index contributed by atoms with van der Waals surface area (Å²) in [5.74, 6) is 0.338. The number of pyridine rings is 1.